The van der Waals surface area contributed by atoms with Gasteiger partial charge in [-0.15, -0.1) is 0 Å². The van der Waals surface area contributed by atoms with E-state index in [1.807, 2.05) is 24.3 Å². The molecule has 0 radical (unpaired) electrons. The molecule has 0 aromatic heterocycles. The van der Waals surface area contributed by atoms with Gasteiger partial charge < -0.3 is 20.1 Å². The number of carboxylic acid groups (broad SMARTS) is 1. The molecule has 7 heteroatoms. The van der Waals surface area contributed by atoms with Crippen molar-refractivity contribution in [2.45, 2.75) is 57.0 Å². The number of hydrogen-bond donors (Lipinski definition) is 2. The van der Waals surface area contributed by atoms with Crippen molar-refractivity contribution in [1.29, 1.82) is 0 Å². The third-order valence-electron chi connectivity index (χ3n) is 7.38. The number of carbonyl (C=O) groups excluding carboxylic acids is 2. The van der Waals surface area contributed by atoms with Gasteiger partial charge in [-0.25, -0.2) is 9.59 Å². The van der Waals surface area contributed by atoms with Crippen molar-refractivity contribution >= 4 is 18.0 Å². The van der Waals surface area contributed by atoms with E-state index < -0.39 is 17.6 Å². The highest BCUT2D eigenvalue weighted by Gasteiger charge is 2.39. The number of aliphatic carboxylic acids is 1. The Kier molecular flexibility index (Phi) is 6.64. The molecule has 0 heterocycles. The van der Waals surface area contributed by atoms with E-state index in [0.717, 1.165) is 24.0 Å². The molecule has 2 aliphatic carbocycles. The molecule has 2 N–H and O–H groups in total. The molecule has 0 aliphatic heterocycles. The third kappa shape index (κ3) is 4.52. The molecule has 0 unspecified atom stereocenters. The van der Waals surface area contributed by atoms with Crippen molar-refractivity contribution < 1.29 is 24.2 Å². The van der Waals surface area contributed by atoms with Crippen LogP contribution in [0, 0.1) is 5.92 Å². The Hall–Kier alpha value is -3.35. The Labute approximate surface area is 200 Å². The first-order chi connectivity index (χ1) is 16.2. The number of nitrogens with one attached hydrogen (secondary N) is 1. The van der Waals surface area contributed by atoms with Crippen molar-refractivity contribution in [1.82, 2.24) is 10.2 Å². The molecule has 34 heavy (non-hydrogen) atoms. The number of nitrogens with zero attached hydrogens (tertiary/aromatic N) is 1. The van der Waals surface area contributed by atoms with E-state index >= 15 is 0 Å². The Morgan fingerprint density at radius 1 is 1.03 bits per heavy atom. The summed E-state index contributed by atoms with van der Waals surface area (Å²) < 4.78 is 5.65. The Morgan fingerprint density at radius 3 is 2.21 bits per heavy atom. The standard InChI is InChI=1S/C27H32N2O5/c1-27(2,25(31)32)29(3)24(30)17-9-8-10-18(15-17)28-26(33)34-16-23-21-13-6-4-11-19(21)20-12-5-7-14-22(20)23/h4-7,11-14,17-18,23H,8-10,15-16H2,1-3H3,(H,28,33)(H,31,32)/t17-,18+/m0/s1. The number of carboxylic acids is 1. The fourth-order valence-corrected chi connectivity index (χ4v) is 5.04. The highest BCUT2D eigenvalue weighted by molar-refractivity contribution is 5.87. The summed E-state index contributed by atoms with van der Waals surface area (Å²) in [7, 11) is 1.53. The number of alkyl carbamates (subject to hydrolysis) is 1. The van der Waals surface area contributed by atoms with Crippen LogP contribution in [0.25, 0.3) is 11.1 Å². The van der Waals surface area contributed by atoms with E-state index in [4.69, 9.17) is 4.74 Å². The average molecular weight is 465 g/mol. The van der Waals surface area contributed by atoms with Gasteiger partial charge in [0, 0.05) is 24.9 Å². The van der Waals surface area contributed by atoms with Gasteiger partial charge in [0.05, 0.1) is 0 Å². The number of carbonyl (C=O) groups is 3. The van der Waals surface area contributed by atoms with Crippen LogP contribution in [0.15, 0.2) is 48.5 Å². The van der Waals surface area contributed by atoms with Crippen molar-refractivity contribution in [3.63, 3.8) is 0 Å². The smallest absolute Gasteiger partial charge is 0.407 e. The summed E-state index contributed by atoms with van der Waals surface area (Å²) in [5.74, 6) is -1.58. The van der Waals surface area contributed by atoms with Crippen molar-refractivity contribution in [2.75, 3.05) is 13.7 Å². The maximum Gasteiger partial charge on any atom is 0.407 e. The van der Waals surface area contributed by atoms with Gasteiger partial charge in [0.25, 0.3) is 0 Å². The van der Waals surface area contributed by atoms with E-state index in [9.17, 15) is 19.5 Å². The molecule has 180 valence electrons. The van der Waals surface area contributed by atoms with Crippen LogP contribution in [0.5, 0.6) is 0 Å². The van der Waals surface area contributed by atoms with Gasteiger partial charge in [-0.05, 0) is 55.4 Å². The van der Waals surface area contributed by atoms with Crippen LogP contribution >= 0.6 is 0 Å². The van der Waals surface area contributed by atoms with Gasteiger partial charge in [0.15, 0.2) is 0 Å². The Balaban J connectivity index is 1.35. The lowest BCUT2D eigenvalue weighted by Gasteiger charge is -2.37. The predicted molar refractivity (Wildman–Crippen MR) is 128 cm³/mol. The molecule has 1 fully saturated rings. The molecular formula is C27H32N2O5. The number of rotatable bonds is 6. The lowest BCUT2D eigenvalue weighted by molar-refractivity contribution is -0.157. The first-order valence-corrected chi connectivity index (χ1v) is 11.8. The van der Waals surface area contributed by atoms with Crippen molar-refractivity contribution in [2.24, 2.45) is 5.92 Å². The lowest BCUT2D eigenvalue weighted by Crippen LogP contribution is -2.53. The highest BCUT2D eigenvalue weighted by atomic mass is 16.5. The summed E-state index contributed by atoms with van der Waals surface area (Å²) in [4.78, 5) is 38.4. The number of likely N-dealkylation sites (N-methyl/N-ethyl adjacent to an activating group) is 1. The maximum atomic E-state index is 12.9. The van der Waals surface area contributed by atoms with Crippen LogP contribution in [0.3, 0.4) is 0 Å². The summed E-state index contributed by atoms with van der Waals surface area (Å²) in [6, 6.07) is 16.2. The van der Waals surface area contributed by atoms with Crippen LogP contribution in [0.2, 0.25) is 0 Å². The first-order valence-electron chi connectivity index (χ1n) is 11.8. The molecular weight excluding hydrogens is 432 g/mol. The fraction of sp³-hybridized carbons (Fsp3) is 0.444. The summed E-state index contributed by atoms with van der Waals surface area (Å²) >= 11 is 0. The van der Waals surface area contributed by atoms with E-state index in [1.165, 1.54) is 36.9 Å². The zero-order valence-electron chi connectivity index (χ0n) is 19.9. The summed E-state index contributed by atoms with van der Waals surface area (Å²) in [5.41, 5.74) is 3.38. The van der Waals surface area contributed by atoms with Gasteiger partial charge >= 0.3 is 12.1 Å². The normalized spacial score (nSPS) is 19.6. The molecule has 2 aliphatic rings. The third-order valence-corrected chi connectivity index (χ3v) is 7.38. The molecule has 1 saturated carbocycles. The zero-order chi connectivity index (χ0) is 24.5. The van der Waals surface area contributed by atoms with Crippen molar-refractivity contribution in [3.05, 3.63) is 59.7 Å². The minimum absolute atomic E-state index is 0.00858. The second kappa shape index (κ2) is 9.49. The zero-order valence-corrected chi connectivity index (χ0v) is 19.9. The summed E-state index contributed by atoms with van der Waals surface area (Å²) in [6.07, 6.45) is 2.22. The molecule has 0 saturated heterocycles. The quantitative estimate of drug-likeness (QED) is 0.660. The van der Waals surface area contributed by atoms with Crippen LogP contribution in [-0.4, -0.2) is 53.2 Å². The van der Waals surface area contributed by atoms with E-state index in [1.54, 1.807) is 0 Å². The molecule has 4 rings (SSSR count). The van der Waals surface area contributed by atoms with Gasteiger partial charge in [-0.1, -0.05) is 55.0 Å². The lowest BCUT2D eigenvalue weighted by atomic mass is 9.84. The van der Waals surface area contributed by atoms with Crippen LogP contribution in [0.1, 0.15) is 56.6 Å². The summed E-state index contributed by atoms with van der Waals surface area (Å²) in [5, 5.41) is 12.4. The van der Waals surface area contributed by atoms with E-state index in [2.05, 4.69) is 29.6 Å². The van der Waals surface area contributed by atoms with Gasteiger partial charge in [0.1, 0.15) is 12.1 Å². The Bertz CT molecular complexity index is 1050. The van der Waals surface area contributed by atoms with Crippen LogP contribution < -0.4 is 5.32 Å². The molecule has 2 atom stereocenters. The number of amides is 2. The fourth-order valence-electron chi connectivity index (χ4n) is 5.04. The predicted octanol–water partition coefficient (Wildman–Crippen LogP) is 4.41. The second-order valence-corrected chi connectivity index (χ2v) is 9.79. The number of fused-ring (bicyclic) bond motifs is 3. The van der Waals surface area contributed by atoms with Gasteiger partial charge in [0.2, 0.25) is 5.91 Å². The highest BCUT2D eigenvalue weighted by Crippen LogP contribution is 2.44. The monoisotopic (exact) mass is 464 g/mol. The maximum absolute atomic E-state index is 12.9. The molecule has 7 nitrogen and oxygen atoms in total. The molecule has 2 aromatic rings. The number of hydrogen-bond acceptors (Lipinski definition) is 4. The van der Waals surface area contributed by atoms with Crippen molar-refractivity contribution in [3.8, 4) is 11.1 Å². The van der Waals surface area contributed by atoms with E-state index in [0.29, 0.717) is 12.8 Å². The second-order valence-electron chi connectivity index (χ2n) is 9.79. The molecule has 2 amide bonds. The Morgan fingerprint density at radius 2 is 1.62 bits per heavy atom. The van der Waals surface area contributed by atoms with E-state index in [-0.39, 0.29) is 30.4 Å². The topological polar surface area (TPSA) is 95.9 Å². The van der Waals surface area contributed by atoms with Gasteiger partial charge in [-0.2, -0.15) is 0 Å². The minimum Gasteiger partial charge on any atom is -0.480 e. The number of benzene rings is 2. The number of ether oxygens (including phenoxy) is 1. The molecule has 0 bridgehead atoms. The summed E-state index contributed by atoms with van der Waals surface area (Å²) in [6.45, 7) is 3.27. The SMILES string of the molecule is CN(C(=O)[C@H]1CCC[C@@H](NC(=O)OCC2c3ccccc3-c3ccccc32)C1)C(C)(C)C(=O)O. The largest absolute Gasteiger partial charge is 0.480 e. The first kappa shape index (κ1) is 23.8. The van der Waals surface area contributed by atoms with Crippen LogP contribution in [0.4, 0.5) is 4.79 Å². The molecule has 2 aromatic carbocycles. The molecule has 0 spiro atoms. The van der Waals surface area contributed by atoms with Gasteiger partial charge in [-0.3, -0.25) is 4.79 Å². The van der Waals surface area contributed by atoms with Crippen LogP contribution in [-0.2, 0) is 14.3 Å². The minimum atomic E-state index is -1.29. The average Bonchev–Trinajstić information content (AvgIpc) is 3.15.